The molecule has 0 heterocycles. The first-order chi connectivity index (χ1) is 15.8. The number of esters is 1. The first-order valence-electron chi connectivity index (χ1n) is 11.4. The molecule has 0 radical (unpaired) electrons. The Morgan fingerprint density at radius 1 is 0.688 bits per heavy atom. The van der Waals surface area contributed by atoms with E-state index in [1.807, 2.05) is 36.4 Å². The Labute approximate surface area is 190 Å². The van der Waals surface area contributed by atoms with Gasteiger partial charge in [0, 0.05) is 0 Å². The van der Waals surface area contributed by atoms with Crippen LogP contribution in [-0.4, -0.2) is 18.9 Å². The summed E-state index contributed by atoms with van der Waals surface area (Å²) in [6, 6.07) is 28.0. The van der Waals surface area contributed by atoms with Crippen molar-refractivity contribution in [2.75, 3.05) is 6.79 Å². The lowest BCUT2D eigenvalue weighted by atomic mass is 9.87. The maximum Gasteiger partial charge on any atom is 0.314 e. The zero-order valence-electron chi connectivity index (χ0n) is 18.3. The molecule has 1 fully saturated rings. The molecule has 1 aliphatic carbocycles. The Bertz CT molecular complexity index is 946. The van der Waals surface area contributed by atoms with Crippen LogP contribution in [0.4, 0.5) is 0 Å². The van der Waals surface area contributed by atoms with Gasteiger partial charge >= 0.3 is 5.97 Å². The molecule has 0 aromatic heterocycles. The van der Waals surface area contributed by atoms with E-state index in [9.17, 15) is 4.79 Å². The van der Waals surface area contributed by atoms with E-state index >= 15 is 0 Å². The number of hydrogen-bond donors (Lipinski definition) is 0. The summed E-state index contributed by atoms with van der Waals surface area (Å²) < 4.78 is 17.1. The summed E-state index contributed by atoms with van der Waals surface area (Å²) in [5.41, 5.74) is 2.65. The van der Waals surface area contributed by atoms with E-state index in [1.165, 1.54) is 11.1 Å². The first-order valence-corrected chi connectivity index (χ1v) is 11.4. The Hall–Kier alpha value is -3.11. The molecular formula is C28H30O4. The molecular weight excluding hydrogens is 400 g/mol. The van der Waals surface area contributed by atoms with Crippen LogP contribution < -0.4 is 9.47 Å². The molecule has 0 aliphatic heterocycles. The van der Waals surface area contributed by atoms with Crippen molar-refractivity contribution in [3.05, 3.63) is 96.1 Å². The van der Waals surface area contributed by atoms with Gasteiger partial charge in [-0.15, -0.1) is 0 Å². The molecule has 3 aromatic rings. The average Bonchev–Trinajstić information content (AvgIpc) is 2.85. The van der Waals surface area contributed by atoms with Crippen LogP contribution in [0.2, 0.25) is 0 Å². The van der Waals surface area contributed by atoms with Crippen molar-refractivity contribution < 1.29 is 19.0 Å². The van der Waals surface area contributed by atoms with E-state index in [-0.39, 0.29) is 24.8 Å². The van der Waals surface area contributed by atoms with Crippen LogP contribution in [0.25, 0.3) is 0 Å². The Kier molecular flexibility index (Phi) is 7.94. The molecule has 0 unspecified atom stereocenters. The summed E-state index contributed by atoms with van der Waals surface area (Å²) in [6.45, 7) is 0.229. The van der Waals surface area contributed by atoms with Crippen molar-refractivity contribution in [3.8, 4) is 11.5 Å². The molecule has 4 rings (SSSR count). The van der Waals surface area contributed by atoms with Gasteiger partial charge in [0.25, 0.3) is 0 Å². The van der Waals surface area contributed by atoms with Crippen LogP contribution in [0.15, 0.2) is 84.9 Å². The van der Waals surface area contributed by atoms with E-state index in [0.717, 1.165) is 44.3 Å². The summed E-state index contributed by atoms with van der Waals surface area (Å²) in [4.78, 5) is 12.3. The summed E-state index contributed by atoms with van der Waals surface area (Å²) in [7, 11) is 0. The summed E-state index contributed by atoms with van der Waals surface area (Å²) in [5.74, 6) is 1.22. The molecule has 1 saturated carbocycles. The number of hydrogen-bond acceptors (Lipinski definition) is 4. The molecule has 0 amide bonds. The van der Waals surface area contributed by atoms with Gasteiger partial charge in [-0.2, -0.15) is 0 Å². The minimum Gasteiger partial charge on any atom is -0.468 e. The highest BCUT2D eigenvalue weighted by atomic mass is 16.7. The fourth-order valence-electron chi connectivity index (χ4n) is 4.04. The Morgan fingerprint density at radius 3 is 1.94 bits per heavy atom. The van der Waals surface area contributed by atoms with Crippen LogP contribution in [-0.2, 0) is 22.4 Å². The summed E-state index contributed by atoms with van der Waals surface area (Å²) >= 11 is 0. The molecule has 3 aromatic carbocycles. The topological polar surface area (TPSA) is 44.8 Å². The van der Waals surface area contributed by atoms with Crippen molar-refractivity contribution in [1.29, 1.82) is 0 Å². The molecule has 0 atom stereocenters. The summed E-state index contributed by atoms with van der Waals surface area (Å²) in [5, 5.41) is 0. The predicted molar refractivity (Wildman–Crippen MR) is 125 cm³/mol. The smallest absolute Gasteiger partial charge is 0.314 e. The van der Waals surface area contributed by atoms with E-state index in [4.69, 9.17) is 14.2 Å². The summed E-state index contributed by atoms with van der Waals surface area (Å²) in [6.07, 6.45) is 5.43. The largest absolute Gasteiger partial charge is 0.468 e. The first kappa shape index (κ1) is 22.1. The van der Waals surface area contributed by atoms with Crippen LogP contribution >= 0.6 is 0 Å². The zero-order valence-corrected chi connectivity index (χ0v) is 18.3. The lowest BCUT2D eigenvalue weighted by Crippen LogP contribution is -2.29. The van der Waals surface area contributed by atoms with Crippen molar-refractivity contribution in [2.45, 2.75) is 44.6 Å². The van der Waals surface area contributed by atoms with Gasteiger partial charge in [0.2, 0.25) is 0 Å². The second-order valence-electron chi connectivity index (χ2n) is 8.27. The molecule has 32 heavy (non-hydrogen) atoms. The van der Waals surface area contributed by atoms with Gasteiger partial charge in [-0.25, -0.2) is 0 Å². The molecule has 4 heteroatoms. The molecule has 0 spiro atoms. The second-order valence-corrected chi connectivity index (χ2v) is 8.27. The van der Waals surface area contributed by atoms with Crippen molar-refractivity contribution in [1.82, 2.24) is 0 Å². The van der Waals surface area contributed by atoms with Gasteiger partial charge < -0.3 is 14.2 Å². The fourth-order valence-corrected chi connectivity index (χ4v) is 4.04. The van der Waals surface area contributed by atoms with Crippen LogP contribution in [0.5, 0.6) is 11.5 Å². The lowest BCUT2D eigenvalue weighted by Gasteiger charge is -2.27. The van der Waals surface area contributed by atoms with E-state index in [2.05, 4.69) is 36.4 Å². The molecule has 166 valence electrons. The maximum atomic E-state index is 12.3. The van der Waals surface area contributed by atoms with Gasteiger partial charge in [-0.1, -0.05) is 60.7 Å². The zero-order chi connectivity index (χ0) is 22.0. The number of aryl methyl sites for hydroxylation is 2. The minimum absolute atomic E-state index is 0.0561. The molecule has 0 saturated heterocycles. The third-order valence-electron chi connectivity index (χ3n) is 5.97. The number of ether oxygens (including phenoxy) is 3. The maximum absolute atomic E-state index is 12.3. The second kappa shape index (κ2) is 11.5. The number of carbonyl (C=O) groups is 1. The van der Waals surface area contributed by atoms with Crippen molar-refractivity contribution in [3.63, 3.8) is 0 Å². The number of carbonyl (C=O) groups excluding carboxylic acids is 1. The molecule has 0 bridgehead atoms. The van der Waals surface area contributed by atoms with Gasteiger partial charge in [-0.05, 0) is 73.9 Å². The van der Waals surface area contributed by atoms with Gasteiger partial charge in [-0.3, -0.25) is 4.79 Å². The van der Waals surface area contributed by atoms with E-state index in [0.29, 0.717) is 5.75 Å². The number of benzene rings is 3. The molecule has 4 nitrogen and oxygen atoms in total. The van der Waals surface area contributed by atoms with Crippen LogP contribution in [0, 0.1) is 5.92 Å². The van der Waals surface area contributed by atoms with Gasteiger partial charge in [0.1, 0.15) is 11.5 Å². The molecule has 1 aliphatic rings. The quantitative estimate of drug-likeness (QED) is 0.238. The molecule has 0 N–H and O–H groups in total. The van der Waals surface area contributed by atoms with Crippen LogP contribution in [0.3, 0.4) is 0 Å². The highest BCUT2D eigenvalue weighted by Crippen LogP contribution is 2.28. The number of rotatable bonds is 9. The predicted octanol–water partition coefficient (Wildman–Crippen LogP) is 5.99. The Balaban J connectivity index is 1.13. The Morgan fingerprint density at radius 2 is 1.28 bits per heavy atom. The highest BCUT2D eigenvalue weighted by molar-refractivity contribution is 5.75. The average molecular weight is 431 g/mol. The SMILES string of the molecule is O=C(Oc1ccccc1)C1CCC(OCOc2ccc(CCc3ccccc3)cc2)CC1. The minimum atomic E-state index is -0.141. The lowest BCUT2D eigenvalue weighted by molar-refractivity contribution is -0.141. The third-order valence-corrected chi connectivity index (χ3v) is 5.97. The standard InChI is InChI=1S/C28H30O4/c29-28(32-27-9-5-2-6-10-27)24-15-19-26(20-16-24)31-21-30-25-17-13-23(14-18-25)12-11-22-7-3-1-4-8-22/h1-10,13-14,17-18,24,26H,11-12,15-16,19-21H2. The number of para-hydroxylation sites is 1. The van der Waals surface area contributed by atoms with E-state index < -0.39 is 0 Å². The fraction of sp³-hybridized carbons (Fsp3) is 0.321. The van der Waals surface area contributed by atoms with E-state index in [1.54, 1.807) is 12.1 Å². The van der Waals surface area contributed by atoms with Crippen LogP contribution in [0.1, 0.15) is 36.8 Å². The van der Waals surface area contributed by atoms with Crippen molar-refractivity contribution >= 4 is 5.97 Å². The monoisotopic (exact) mass is 430 g/mol. The normalized spacial score (nSPS) is 18.1. The highest BCUT2D eigenvalue weighted by Gasteiger charge is 2.28. The van der Waals surface area contributed by atoms with Gasteiger partial charge in [0.15, 0.2) is 6.79 Å². The van der Waals surface area contributed by atoms with Crippen molar-refractivity contribution in [2.24, 2.45) is 5.92 Å². The third kappa shape index (κ3) is 6.69. The van der Waals surface area contributed by atoms with Gasteiger partial charge in [0.05, 0.1) is 12.0 Å².